The predicted molar refractivity (Wildman–Crippen MR) is 94.7 cm³/mol. The Labute approximate surface area is 146 Å². The average Bonchev–Trinajstić information content (AvgIpc) is 2.87. The van der Waals surface area contributed by atoms with E-state index < -0.39 is 9.84 Å². The van der Waals surface area contributed by atoms with Crippen LogP contribution < -0.4 is 0 Å². The normalized spacial score (nSPS) is 20.0. The number of rotatable bonds is 8. The van der Waals surface area contributed by atoms with Gasteiger partial charge in [-0.15, -0.1) is 0 Å². The number of nitrogens with zero attached hydrogens (tertiary/aromatic N) is 3. The van der Waals surface area contributed by atoms with Crippen LogP contribution in [0.25, 0.3) is 0 Å². The van der Waals surface area contributed by atoms with Crippen molar-refractivity contribution in [1.82, 2.24) is 14.5 Å². The van der Waals surface area contributed by atoms with Gasteiger partial charge in [-0.05, 0) is 31.7 Å². The van der Waals surface area contributed by atoms with E-state index in [0.717, 1.165) is 51.2 Å². The summed E-state index contributed by atoms with van der Waals surface area (Å²) in [7, 11) is -3.31. The van der Waals surface area contributed by atoms with E-state index >= 15 is 0 Å². The third-order valence-electron chi connectivity index (χ3n) is 4.19. The second kappa shape index (κ2) is 8.45. The summed E-state index contributed by atoms with van der Waals surface area (Å²) in [4.78, 5) is 6.54. The number of piperidine rings is 1. The van der Waals surface area contributed by atoms with E-state index in [4.69, 9.17) is 4.74 Å². The molecular formula is C17H31N3O3S. The molecule has 0 radical (unpaired) electrons. The number of imidazole rings is 1. The van der Waals surface area contributed by atoms with Gasteiger partial charge < -0.3 is 9.30 Å². The van der Waals surface area contributed by atoms with Crippen LogP contribution in [-0.2, 0) is 27.7 Å². The monoisotopic (exact) mass is 357 g/mol. The van der Waals surface area contributed by atoms with Gasteiger partial charge in [0.25, 0.3) is 0 Å². The standard InChI is InChI=1S/C17H31N3O3S/c1-5-9-23-16-7-6-8-19(13-16)12-15-10-18-17(24(4,21)22)20(15)11-14(2)3/h10,14,16H,5-9,11-13H2,1-4H3/t16-/m0/s1. The van der Waals surface area contributed by atoms with Crippen LogP contribution in [0, 0.1) is 5.92 Å². The molecule has 1 atom stereocenters. The molecule has 1 aromatic rings. The van der Waals surface area contributed by atoms with Crippen molar-refractivity contribution >= 4 is 9.84 Å². The molecular weight excluding hydrogens is 326 g/mol. The number of likely N-dealkylation sites (tertiary alicyclic amines) is 1. The van der Waals surface area contributed by atoms with E-state index in [9.17, 15) is 8.42 Å². The Kier molecular flexibility index (Phi) is 6.83. The Balaban J connectivity index is 2.12. The van der Waals surface area contributed by atoms with Gasteiger partial charge in [0.05, 0.1) is 18.0 Å². The molecule has 2 rings (SSSR count). The fourth-order valence-electron chi connectivity index (χ4n) is 3.18. The zero-order chi connectivity index (χ0) is 17.7. The fourth-order valence-corrected chi connectivity index (χ4v) is 4.02. The van der Waals surface area contributed by atoms with Gasteiger partial charge in [-0.2, -0.15) is 0 Å². The van der Waals surface area contributed by atoms with Crippen molar-refractivity contribution in [2.24, 2.45) is 5.92 Å². The Hall–Kier alpha value is -0.920. The maximum Gasteiger partial charge on any atom is 0.227 e. The molecule has 6 nitrogen and oxygen atoms in total. The zero-order valence-electron chi connectivity index (χ0n) is 15.4. The average molecular weight is 358 g/mol. The van der Waals surface area contributed by atoms with Crippen molar-refractivity contribution < 1.29 is 13.2 Å². The van der Waals surface area contributed by atoms with Crippen LogP contribution in [-0.4, -0.2) is 54.9 Å². The summed E-state index contributed by atoms with van der Waals surface area (Å²) in [6, 6.07) is 0. The van der Waals surface area contributed by atoms with Gasteiger partial charge in [0, 0.05) is 32.5 Å². The molecule has 0 spiro atoms. The van der Waals surface area contributed by atoms with E-state index in [-0.39, 0.29) is 11.3 Å². The molecule has 0 amide bonds. The highest BCUT2D eigenvalue weighted by Gasteiger charge is 2.24. The molecule has 0 N–H and O–H groups in total. The van der Waals surface area contributed by atoms with Crippen LogP contribution >= 0.6 is 0 Å². The van der Waals surface area contributed by atoms with Crippen molar-refractivity contribution in [3.8, 4) is 0 Å². The van der Waals surface area contributed by atoms with Crippen molar-refractivity contribution in [2.75, 3.05) is 26.0 Å². The minimum atomic E-state index is -3.31. The first-order chi connectivity index (χ1) is 11.3. The molecule has 0 bridgehead atoms. The zero-order valence-corrected chi connectivity index (χ0v) is 16.2. The molecule has 0 aliphatic carbocycles. The largest absolute Gasteiger partial charge is 0.377 e. The summed E-state index contributed by atoms with van der Waals surface area (Å²) in [5.41, 5.74) is 0.972. The minimum absolute atomic E-state index is 0.182. The Morgan fingerprint density at radius 3 is 2.79 bits per heavy atom. The van der Waals surface area contributed by atoms with Gasteiger partial charge in [-0.3, -0.25) is 4.90 Å². The molecule has 0 aromatic carbocycles. The molecule has 1 fully saturated rings. The molecule has 138 valence electrons. The summed E-state index contributed by atoms with van der Waals surface area (Å²) in [5, 5.41) is 0.182. The lowest BCUT2D eigenvalue weighted by atomic mass is 10.1. The number of aromatic nitrogens is 2. The third kappa shape index (κ3) is 5.29. The Bertz CT molecular complexity index is 625. The van der Waals surface area contributed by atoms with Gasteiger partial charge in [-0.1, -0.05) is 20.8 Å². The molecule has 0 unspecified atom stereocenters. The van der Waals surface area contributed by atoms with Gasteiger partial charge in [0.2, 0.25) is 15.0 Å². The third-order valence-corrected chi connectivity index (χ3v) is 5.18. The quantitative estimate of drug-likeness (QED) is 0.714. The highest BCUT2D eigenvalue weighted by atomic mass is 32.2. The maximum absolute atomic E-state index is 12.0. The predicted octanol–water partition coefficient (Wildman–Crippen LogP) is 2.33. The lowest BCUT2D eigenvalue weighted by Crippen LogP contribution is -2.39. The fraction of sp³-hybridized carbons (Fsp3) is 0.824. The lowest BCUT2D eigenvalue weighted by molar-refractivity contribution is -0.00286. The van der Waals surface area contributed by atoms with E-state index in [1.54, 1.807) is 6.20 Å². The van der Waals surface area contributed by atoms with Crippen LogP contribution in [0.1, 0.15) is 45.7 Å². The van der Waals surface area contributed by atoms with E-state index in [2.05, 4.69) is 30.7 Å². The Morgan fingerprint density at radius 2 is 2.17 bits per heavy atom. The summed E-state index contributed by atoms with van der Waals surface area (Å²) >= 11 is 0. The molecule has 1 aromatic heterocycles. The van der Waals surface area contributed by atoms with Crippen molar-refractivity contribution in [1.29, 1.82) is 0 Å². The first-order valence-corrected chi connectivity index (χ1v) is 10.8. The molecule has 24 heavy (non-hydrogen) atoms. The summed E-state index contributed by atoms with van der Waals surface area (Å²) in [6.07, 6.45) is 6.49. The minimum Gasteiger partial charge on any atom is -0.377 e. The van der Waals surface area contributed by atoms with Crippen LogP contribution in [0.2, 0.25) is 0 Å². The van der Waals surface area contributed by atoms with Crippen LogP contribution in [0.4, 0.5) is 0 Å². The SMILES string of the molecule is CCCO[C@H]1CCCN(Cc2cnc(S(C)(=O)=O)n2CC(C)C)C1. The Morgan fingerprint density at radius 1 is 1.42 bits per heavy atom. The lowest BCUT2D eigenvalue weighted by Gasteiger charge is -2.32. The number of ether oxygens (including phenoxy) is 1. The van der Waals surface area contributed by atoms with Crippen molar-refractivity contribution in [2.45, 2.75) is 64.4 Å². The molecule has 1 aliphatic heterocycles. The topological polar surface area (TPSA) is 64.4 Å². The summed E-state index contributed by atoms with van der Waals surface area (Å²) in [5.74, 6) is 0.362. The molecule has 1 saturated heterocycles. The molecule has 7 heteroatoms. The summed E-state index contributed by atoms with van der Waals surface area (Å²) in [6.45, 7) is 10.4. The number of hydrogen-bond acceptors (Lipinski definition) is 5. The highest BCUT2D eigenvalue weighted by molar-refractivity contribution is 7.90. The van der Waals surface area contributed by atoms with Gasteiger partial charge in [-0.25, -0.2) is 13.4 Å². The van der Waals surface area contributed by atoms with Crippen molar-refractivity contribution in [3.05, 3.63) is 11.9 Å². The van der Waals surface area contributed by atoms with E-state index in [1.165, 1.54) is 6.26 Å². The van der Waals surface area contributed by atoms with Gasteiger partial charge in [0.1, 0.15) is 0 Å². The second-order valence-corrected chi connectivity index (χ2v) is 9.09. The van der Waals surface area contributed by atoms with Crippen molar-refractivity contribution in [3.63, 3.8) is 0 Å². The molecule has 1 aliphatic rings. The first kappa shape index (κ1) is 19.4. The van der Waals surface area contributed by atoms with Crippen LogP contribution in [0.5, 0.6) is 0 Å². The maximum atomic E-state index is 12.0. The number of hydrogen-bond donors (Lipinski definition) is 0. The first-order valence-electron chi connectivity index (χ1n) is 8.89. The van der Waals surface area contributed by atoms with Gasteiger partial charge >= 0.3 is 0 Å². The van der Waals surface area contributed by atoms with Gasteiger partial charge in [0.15, 0.2) is 0 Å². The number of sulfone groups is 1. The summed E-state index contributed by atoms with van der Waals surface area (Å²) < 4.78 is 31.8. The van der Waals surface area contributed by atoms with Crippen LogP contribution in [0.15, 0.2) is 11.4 Å². The molecule has 0 saturated carbocycles. The smallest absolute Gasteiger partial charge is 0.227 e. The highest BCUT2D eigenvalue weighted by Crippen LogP contribution is 2.19. The second-order valence-electron chi connectivity index (χ2n) is 7.18. The van der Waals surface area contributed by atoms with E-state index in [1.807, 2.05) is 4.57 Å². The van der Waals surface area contributed by atoms with Crippen LogP contribution in [0.3, 0.4) is 0 Å². The van der Waals surface area contributed by atoms with E-state index in [0.29, 0.717) is 12.5 Å². The molecule has 2 heterocycles.